The first-order chi connectivity index (χ1) is 10.0. The summed E-state index contributed by atoms with van der Waals surface area (Å²) in [5.41, 5.74) is 0.468. The average molecular weight is 311 g/mol. The van der Waals surface area contributed by atoms with Crippen molar-refractivity contribution in [2.24, 2.45) is 0 Å². The number of carbonyl (C=O) groups excluding carboxylic acids is 2. The molecule has 0 radical (unpaired) electrons. The lowest BCUT2D eigenvalue weighted by molar-refractivity contribution is -0.129. The van der Waals surface area contributed by atoms with Gasteiger partial charge in [-0.3, -0.25) is 9.59 Å². The van der Waals surface area contributed by atoms with Crippen molar-refractivity contribution >= 4 is 23.4 Å². The number of likely N-dealkylation sites (tertiary alicyclic amines) is 1. The van der Waals surface area contributed by atoms with Gasteiger partial charge in [0.2, 0.25) is 5.91 Å². The fourth-order valence-electron chi connectivity index (χ4n) is 2.45. The predicted octanol–water partition coefficient (Wildman–Crippen LogP) is 2.09. The van der Waals surface area contributed by atoms with Crippen LogP contribution in [-0.4, -0.2) is 43.0 Å². The van der Waals surface area contributed by atoms with Gasteiger partial charge in [-0.1, -0.05) is 11.6 Å². The highest BCUT2D eigenvalue weighted by molar-refractivity contribution is 6.30. The molecule has 114 valence electrons. The summed E-state index contributed by atoms with van der Waals surface area (Å²) in [6, 6.07) is 5.02. The number of hydrogen-bond acceptors (Lipinski definition) is 3. The van der Waals surface area contributed by atoms with E-state index in [1.807, 2.05) is 0 Å². The fourth-order valence-corrected chi connectivity index (χ4v) is 2.62. The SMILES string of the molecule is COc1cc(Cl)ccc1C(=O)NC1CCN(C(C)=O)CC1. The van der Waals surface area contributed by atoms with Crippen LogP contribution in [0.2, 0.25) is 5.02 Å². The molecule has 0 saturated carbocycles. The third-order valence-corrected chi connectivity index (χ3v) is 3.92. The smallest absolute Gasteiger partial charge is 0.255 e. The van der Waals surface area contributed by atoms with Crippen molar-refractivity contribution in [1.29, 1.82) is 0 Å². The van der Waals surface area contributed by atoms with Crippen molar-refractivity contribution in [3.8, 4) is 5.75 Å². The molecule has 1 fully saturated rings. The molecule has 1 aliphatic rings. The monoisotopic (exact) mass is 310 g/mol. The molecule has 0 aromatic heterocycles. The summed E-state index contributed by atoms with van der Waals surface area (Å²) in [5.74, 6) is 0.366. The number of nitrogens with zero attached hydrogens (tertiary/aromatic N) is 1. The zero-order chi connectivity index (χ0) is 15.4. The lowest BCUT2D eigenvalue weighted by Gasteiger charge is -2.31. The molecule has 1 saturated heterocycles. The van der Waals surface area contributed by atoms with Crippen LogP contribution < -0.4 is 10.1 Å². The summed E-state index contributed by atoms with van der Waals surface area (Å²) in [5, 5.41) is 3.51. The number of nitrogens with one attached hydrogen (secondary N) is 1. The van der Waals surface area contributed by atoms with E-state index in [0.717, 1.165) is 12.8 Å². The van der Waals surface area contributed by atoms with Gasteiger partial charge in [-0.2, -0.15) is 0 Å². The Bertz CT molecular complexity index is 540. The molecule has 1 N–H and O–H groups in total. The molecule has 2 amide bonds. The predicted molar refractivity (Wildman–Crippen MR) is 80.7 cm³/mol. The van der Waals surface area contributed by atoms with E-state index in [-0.39, 0.29) is 17.9 Å². The first-order valence-electron chi connectivity index (χ1n) is 6.91. The molecule has 1 aromatic carbocycles. The molecule has 1 aliphatic heterocycles. The van der Waals surface area contributed by atoms with Crippen LogP contribution in [0.3, 0.4) is 0 Å². The number of methoxy groups -OCH3 is 1. The Morgan fingerprint density at radius 1 is 1.33 bits per heavy atom. The van der Waals surface area contributed by atoms with Crippen molar-refractivity contribution in [2.75, 3.05) is 20.2 Å². The maximum atomic E-state index is 12.3. The van der Waals surface area contributed by atoms with Gasteiger partial charge in [-0.25, -0.2) is 0 Å². The standard InChI is InChI=1S/C15H19ClN2O3/c1-10(19)18-7-5-12(6-8-18)17-15(20)13-4-3-11(16)9-14(13)21-2/h3-4,9,12H,5-8H2,1-2H3,(H,17,20). The quantitative estimate of drug-likeness (QED) is 0.930. The highest BCUT2D eigenvalue weighted by atomic mass is 35.5. The van der Waals surface area contributed by atoms with E-state index in [9.17, 15) is 9.59 Å². The third kappa shape index (κ3) is 3.88. The normalized spacial score (nSPS) is 15.7. The van der Waals surface area contributed by atoms with E-state index in [1.54, 1.807) is 30.0 Å². The maximum Gasteiger partial charge on any atom is 0.255 e. The maximum absolute atomic E-state index is 12.3. The molecule has 5 nitrogen and oxygen atoms in total. The lowest BCUT2D eigenvalue weighted by Crippen LogP contribution is -2.46. The number of benzene rings is 1. The van der Waals surface area contributed by atoms with Crippen LogP contribution in [0.15, 0.2) is 18.2 Å². The number of amides is 2. The van der Waals surface area contributed by atoms with Crippen LogP contribution in [0.1, 0.15) is 30.1 Å². The molecule has 21 heavy (non-hydrogen) atoms. The van der Waals surface area contributed by atoms with Crippen molar-refractivity contribution in [1.82, 2.24) is 10.2 Å². The van der Waals surface area contributed by atoms with Crippen molar-refractivity contribution in [3.63, 3.8) is 0 Å². The number of ether oxygens (including phenoxy) is 1. The molecule has 2 rings (SSSR count). The first-order valence-corrected chi connectivity index (χ1v) is 7.29. The van der Waals surface area contributed by atoms with E-state index < -0.39 is 0 Å². The second kappa shape index (κ2) is 6.80. The Hall–Kier alpha value is -1.75. The van der Waals surface area contributed by atoms with Crippen molar-refractivity contribution in [2.45, 2.75) is 25.8 Å². The van der Waals surface area contributed by atoms with E-state index in [4.69, 9.17) is 16.3 Å². The summed E-state index contributed by atoms with van der Waals surface area (Å²) in [7, 11) is 1.51. The van der Waals surface area contributed by atoms with Gasteiger partial charge in [0.15, 0.2) is 0 Å². The van der Waals surface area contributed by atoms with Gasteiger partial charge in [0, 0.05) is 31.1 Å². The summed E-state index contributed by atoms with van der Waals surface area (Å²) >= 11 is 5.89. The van der Waals surface area contributed by atoms with E-state index in [0.29, 0.717) is 29.4 Å². The summed E-state index contributed by atoms with van der Waals surface area (Å²) in [6.45, 7) is 2.92. The minimum Gasteiger partial charge on any atom is -0.496 e. The molecule has 1 heterocycles. The third-order valence-electron chi connectivity index (χ3n) is 3.68. The van der Waals surface area contributed by atoms with Crippen LogP contribution in [0.4, 0.5) is 0 Å². The number of rotatable bonds is 3. The average Bonchev–Trinajstić information content (AvgIpc) is 2.47. The molecule has 6 heteroatoms. The molecule has 0 atom stereocenters. The molecular weight excluding hydrogens is 292 g/mol. The van der Waals surface area contributed by atoms with Crippen LogP contribution in [0.25, 0.3) is 0 Å². The molecule has 0 unspecified atom stereocenters. The second-order valence-electron chi connectivity index (χ2n) is 5.10. The number of halogens is 1. The van der Waals surface area contributed by atoms with Crippen LogP contribution in [-0.2, 0) is 4.79 Å². The largest absolute Gasteiger partial charge is 0.496 e. The zero-order valence-electron chi connectivity index (χ0n) is 12.2. The van der Waals surface area contributed by atoms with Gasteiger partial charge < -0.3 is 15.0 Å². The summed E-state index contributed by atoms with van der Waals surface area (Å²) in [4.78, 5) is 25.4. The topological polar surface area (TPSA) is 58.6 Å². The number of carbonyl (C=O) groups is 2. The van der Waals surface area contributed by atoms with E-state index >= 15 is 0 Å². The van der Waals surface area contributed by atoms with Gasteiger partial charge >= 0.3 is 0 Å². The van der Waals surface area contributed by atoms with Gasteiger partial charge in [-0.15, -0.1) is 0 Å². The Morgan fingerprint density at radius 3 is 2.57 bits per heavy atom. The summed E-state index contributed by atoms with van der Waals surface area (Å²) < 4.78 is 5.19. The van der Waals surface area contributed by atoms with E-state index in [2.05, 4.69) is 5.32 Å². The first kappa shape index (κ1) is 15.6. The Labute approximate surface area is 129 Å². The van der Waals surface area contributed by atoms with Gasteiger partial charge in [0.1, 0.15) is 5.75 Å². The van der Waals surface area contributed by atoms with Crippen molar-refractivity contribution in [3.05, 3.63) is 28.8 Å². The Kier molecular flexibility index (Phi) is 5.07. The molecule has 0 bridgehead atoms. The minimum absolute atomic E-state index is 0.0773. The number of hydrogen-bond donors (Lipinski definition) is 1. The molecule has 0 spiro atoms. The number of piperidine rings is 1. The van der Waals surface area contributed by atoms with Crippen molar-refractivity contribution < 1.29 is 14.3 Å². The second-order valence-corrected chi connectivity index (χ2v) is 5.53. The van der Waals surface area contributed by atoms with E-state index in [1.165, 1.54) is 7.11 Å². The van der Waals surface area contributed by atoms with Crippen LogP contribution in [0.5, 0.6) is 5.75 Å². The highest BCUT2D eigenvalue weighted by Gasteiger charge is 2.23. The molecular formula is C15H19ClN2O3. The Morgan fingerprint density at radius 2 is 2.00 bits per heavy atom. The van der Waals surface area contributed by atoms with Crippen LogP contribution >= 0.6 is 11.6 Å². The fraction of sp³-hybridized carbons (Fsp3) is 0.467. The Balaban J connectivity index is 1.98. The minimum atomic E-state index is -0.176. The van der Waals surface area contributed by atoms with Gasteiger partial charge in [0.25, 0.3) is 5.91 Å². The molecule has 1 aromatic rings. The lowest BCUT2D eigenvalue weighted by atomic mass is 10.0. The molecule has 0 aliphatic carbocycles. The van der Waals surface area contributed by atoms with Gasteiger partial charge in [-0.05, 0) is 31.0 Å². The highest BCUT2D eigenvalue weighted by Crippen LogP contribution is 2.23. The summed E-state index contributed by atoms with van der Waals surface area (Å²) in [6.07, 6.45) is 1.53. The zero-order valence-corrected chi connectivity index (χ0v) is 12.9. The van der Waals surface area contributed by atoms with Gasteiger partial charge in [0.05, 0.1) is 12.7 Å². The van der Waals surface area contributed by atoms with Crippen LogP contribution in [0, 0.1) is 0 Å².